The molecule has 6 heteroatoms. The van der Waals surface area contributed by atoms with E-state index in [1.807, 2.05) is 36.5 Å². The van der Waals surface area contributed by atoms with Crippen LogP contribution in [0.4, 0.5) is 0 Å². The van der Waals surface area contributed by atoms with Crippen LogP contribution in [-0.4, -0.2) is 42.1 Å². The van der Waals surface area contributed by atoms with Crippen molar-refractivity contribution in [2.45, 2.75) is 13.1 Å². The van der Waals surface area contributed by atoms with Gasteiger partial charge in [0.05, 0.1) is 37.6 Å². The molecule has 0 aliphatic carbocycles. The third kappa shape index (κ3) is 3.75. The first-order valence-corrected chi connectivity index (χ1v) is 8.79. The van der Waals surface area contributed by atoms with Gasteiger partial charge in [-0.05, 0) is 36.1 Å². The number of pyridine rings is 1. The van der Waals surface area contributed by atoms with Gasteiger partial charge in [0.2, 0.25) is 5.91 Å². The molecule has 2 fully saturated rings. The molecule has 4 heterocycles. The SMILES string of the molecule is O=C(NCc1ccco1)[C@H]1COC[C@H]2CN(Cc3ccccn3)C[C@H]21. The molecule has 0 aromatic carbocycles. The van der Waals surface area contributed by atoms with Gasteiger partial charge >= 0.3 is 0 Å². The second-order valence-corrected chi connectivity index (χ2v) is 6.88. The molecule has 0 bridgehead atoms. The fraction of sp³-hybridized carbons (Fsp3) is 0.474. The number of hydrogen-bond acceptors (Lipinski definition) is 5. The number of amides is 1. The lowest BCUT2D eigenvalue weighted by molar-refractivity contribution is -0.133. The average Bonchev–Trinajstić information content (AvgIpc) is 3.29. The summed E-state index contributed by atoms with van der Waals surface area (Å²) in [6, 6.07) is 9.68. The van der Waals surface area contributed by atoms with Crippen molar-refractivity contribution in [2.24, 2.45) is 17.8 Å². The topological polar surface area (TPSA) is 67.6 Å². The molecule has 2 aliphatic heterocycles. The quantitative estimate of drug-likeness (QED) is 0.896. The van der Waals surface area contributed by atoms with E-state index in [4.69, 9.17) is 9.15 Å². The third-order valence-electron chi connectivity index (χ3n) is 5.18. The Labute approximate surface area is 147 Å². The van der Waals surface area contributed by atoms with Crippen LogP contribution in [0.15, 0.2) is 47.2 Å². The Kier molecular flexibility index (Phi) is 4.81. The molecule has 25 heavy (non-hydrogen) atoms. The molecule has 0 unspecified atom stereocenters. The number of rotatable bonds is 5. The third-order valence-corrected chi connectivity index (χ3v) is 5.18. The number of aromatic nitrogens is 1. The zero-order valence-electron chi connectivity index (χ0n) is 14.1. The summed E-state index contributed by atoms with van der Waals surface area (Å²) in [6.07, 6.45) is 3.44. The van der Waals surface area contributed by atoms with Gasteiger partial charge in [-0.15, -0.1) is 0 Å². The van der Waals surface area contributed by atoms with E-state index in [0.29, 0.717) is 25.0 Å². The van der Waals surface area contributed by atoms with Gasteiger partial charge < -0.3 is 14.5 Å². The summed E-state index contributed by atoms with van der Waals surface area (Å²) in [5, 5.41) is 2.99. The Morgan fingerprint density at radius 3 is 3.00 bits per heavy atom. The molecular formula is C19H23N3O3. The highest BCUT2D eigenvalue weighted by Gasteiger charge is 2.43. The maximum absolute atomic E-state index is 12.6. The zero-order chi connectivity index (χ0) is 17.1. The summed E-state index contributed by atoms with van der Waals surface area (Å²) >= 11 is 0. The summed E-state index contributed by atoms with van der Waals surface area (Å²) in [5.41, 5.74) is 1.07. The van der Waals surface area contributed by atoms with E-state index < -0.39 is 0 Å². The minimum atomic E-state index is -0.0950. The van der Waals surface area contributed by atoms with Crippen molar-refractivity contribution in [2.75, 3.05) is 26.3 Å². The average molecular weight is 341 g/mol. The number of ether oxygens (including phenoxy) is 1. The van der Waals surface area contributed by atoms with Gasteiger partial charge in [-0.2, -0.15) is 0 Å². The van der Waals surface area contributed by atoms with E-state index in [0.717, 1.165) is 37.7 Å². The molecule has 1 N–H and O–H groups in total. The van der Waals surface area contributed by atoms with E-state index in [1.165, 1.54) is 0 Å². The van der Waals surface area contributed by atoms with E-state index in [1.54, 1.807) is 6.26 Å². The fourth-order valence-corrected chi connectivity index (χ4v) is 3.93. The number of carbonyl (C=O) groups is 1. The number of likely N-dealkylation sites (tertiary alicyclic amines) is 1. The van der Waals surface area contributed by atoms with Crippen molar-refractivity contribution < 1.29 is 13.9 Å². The molecule has 3 atom stereocenters. The minimum Gasteiger partial charge on any atom is -0.467 e. The predicted octanol–water partition coefficient (Wildman–Crippen LogP) is 1.69. The second kappa shape index (κ2) is 7.37. The minimum absolute atomic E-state index is 0.0609. The summed E-state index contributed by atoms with van der Waals surface area (Å²) in [4.78, 5) is 19.4. The summed E-state index contributed by atoms with van der Waals surface area (Å²) in [7, 11) is 0. The first kappa shape index (κ1) is 16.3. The first-order valence-electron chi connectivity index (χ1n) is 8.79. The van der Waals surface area contributed by atoms with Crippen LogP contribution >= 0.6 is 0 Å². The van der Waals surface area contributed by atoms with Crippen LogP contribution in [0.25, 0.3) is 0 Å². The van der Waals surface area contributed by atoms with Crippen molar-refractivity contribution >= 4 is 5.91 Å². The van der Waals surface area contributed by atoms with Crippen molar-refractivity contribution in [3.05, 3.63) is 54.2 Å². The van der Waals surface area contributed by atoms with E-state index in [-0.39, 0.29) is 11.8 Å². The van der Waals surface area contributed by atoms with Crippen LogP contribution in [0.3, 0.4) is 0 Å². The lowest BCUT2D eigenvalue weighted by Gasteiger charge is -2.31. The van der Waals surface area contributed by atoms with Gasteiger partial charge in [0.1, 0.15) is 5.76 Å². The largest absolute Gasteiger partial charge is 0.467 e. The Morgan fingerprint density at radius 1 is 1.24 bits per heavy atom. The molecule has 2 aliphatic rings. The van der Waals surface area contributed by atoms with Crippen molar-refractivity contribution in [1.82, 2.24) is 15.2 Å². The summed E-state index contributed by atoms with van der Waals surface area (Å²) in [5.74, 6) is 1.49. The number of carbonyl (C=O) groups excluding carboxylic acids is 1. The molecule has 1 amide bonds. The molecule has 6 nitrogen and oxygen atoms in total. The van der Waals surface area contributed by atoms with E-state index >= 15 is 0 Å². The van der Waals surface area contributed by atoms with Gasteiger partial charge in [-0.3, -0.25) is 14.7 Å². The lowest BCUT2D eigenvalue weighted by atomic mass is 9.82. The number of fused-ring (bicyclic) bond motifs is 1. The van der Waals surface area contributed by atoms with Crippen molar-refractivity contribution in [1.29, 1.82) is 0 Å². The molecule has 0 saturated carbocycles. The molecule has 2 aromatic heterocycles. The summed E-state index contributed by atoms with van der Waals surface area (Å²) in [6.45, 7) is 4.38. The van der Waals surface area contributed by atoms with Crippen LogP contribution in [0.1, 0.15) is 11.5 Å². The molecule has 0 spiro atoms. The number of furan rings is 1. The highest BCUT2D eigenvalue weighted by Crippen LogP contribution is 2.34. The van der Waals surface area contributed by atoms with Gasteiger partial charge in [0.15, 0.2) is 0 Å². The van der Waals surface area contributed by atoms with Gasteiger partial charge in [0, 0.05) is 25.8 Å². The molecular weight excluding hydrogens is 318 g/mol. The highest BCUT2D eigenvalue weighted by atomic mass is 16.5. The van der Waals surface area contributed by atoms with E-state index in [2.05, 4.69) is 15.2 Å². The standard InChI is InChI=1S/C19H23N3O3/c23-19(21-8-16-5-3-7-25-16)18-13-24-12-14-9-22(11-17(14)18)10-15-4-1-2-6-20-15/h1-7,14,17-18H,8-13H2,(H,21,23)/t14-,17-,18+/m1/s1. The molecule has 4 rings (SSSR count). The summed E-state index contributed by atoms with van der Waals surface area (Å²) < 4.78 is 11.0. The van der Waals surface area contributed by atoms with Gasteiger partial charge in [0.25, 0.3) is 0 Å². The zero-order valence-corrected chi connectivity index (χ0v) is 14.1. The maximum atomic E-state index is 12.6. The Balaban J connectivity index is 1.36. The normalized spacial score (nSPS) is 26.3. The Hall–Kier alpha value is -2.18. The van der Waals surface area contributed by atoms with Crippen LogP contribution in [0, 0.1) is 17.8 Å². The molecule has 132 valence electrons. The number of hydrogen-bond donors (Lipinski definition) is 1. The van der Waals surface area contributed by atoms with Crippen LogP contribution in [0.5, 0.6) is 0 Å². The lowest BCUT2D eigenvalue weighted by Crippen LogP contribution is -2.44. The predicted molar refractivity (Wildman–Crippen MR) is 91.4 cm³/mol. The fourth-order valence-electron chi connectivity index (χ4n) is 3.93. The first-order chi connectivity index (χ1) is 12.3. The maximum Gasteiger partial charge on any atom is 0.226 e. The van der Waals surface area contributed by atoms with Crippen LogP contribution in [0.2, 0.25) is 0 Å². The number of nitrogens with zero attached hydrogens (tertiary/aromatic N) is 2. The van der Waals surface area contributed by atoms with E-state index in [9.17, 15) is 4.79 Å². The Morgan fingerprint density at radius 2 is 2.20 bits per heavy atom. The molecule has 2 aromatic rings. The van der Waals surface area contributed by atoms with Gasteiger partial charge in [-0.25, -0.2) is 0 Å². The Bertz CT molecular complexity index is 689. The van der Waals surface area contributed by atoms with Crippen LogP contribution < -0.4 is 5.32 Å². The van der Waals surface area contributed by atoms with Gasteiger partial charge in [-0.1, -0.05) is 6.07 Å². The van der Waals surface area contributed by atoms with Crippen molar-refractivity contribution in [3.63, 3.8) is 0 Å². The molecule has 2 saturated heterocycles. The molecule has 0 radical (unpaired) electrons. The second-order valence-electron chi connectivity index (χ2n) is 6.88. The monoisotopic (exact) mass is 341 g/mol. The highest BCUT2D eigenvalue weighted by molar-refractivity contribution is 5.79. The smallest absolute Gasteiger partial charge is 0.226 e. The number of nitrogens with one attached hydrogen (secondary N) is 1. The van der Waals surface area contributed by atoms with Crippen molar-refractivity contribution in [3.8, 4) is 0 Å². The van der Waals surface area contributed by atoms with Crippen LogP contribution in [-0.2, 0) is 22.6 Å².